The number of nitrogens with one attached hydrogen (secondary N) is 2. The standard InChI is InChI=1S/C8H10ClN3O2/c1-5(13)8(10)6(2-3-9)4-11-7(14)12-8/h2-4H,10H2,1H3,(H2,11,12,14). The molecule has 0 saturated carbocycles. The molecule has 4 N–H and O–H groups in total. The molecule has 1 rings (SSSR count). The van der Waals surface area contributed by atoms with Crippen molar-refractivity contribution in [3.8, 4) is 0 Å². The quantitative estimate of drug-likeness (QED) is 0.614. The summed E-state index contributed by atoms with van der Waals surface area (Å²) >= 11 is 5.37. The summed E-state index contributed by atoms with van der Waals surface area (Å²) < 4.78 is 0. The topological polar surface area (TPSA) is 84.2 Å². The molecule has 1 atom stereocenters. The van der Waals surface area contributed by atoms with Crippen molar-refractivity contribution >= 4 is 23.4 Å². The highest BCUT2D eigenvalue weighted by atomic mass is 35.5. The van der Waals surface area contributed by atoms with Gasteiger partial charge >= 0.3 is 6.03 Å². The monoisotopic (exact) mass is 215 g/mol. The van der Waals surface area contributed by atoms with Crippen LogP contribution >= 0.6 is 11.6 Å². The van der Waals surface area contributed by atoms with E-state index in [-0.39, 0.29) is 5.78 Å². The molecule has 1 aliphatic rings. The van der Waals surface area contributed by atoms with Crippen LogP contribution in [0.5, 0.6) is 0 Å². The third-order valence-corrected chi connectivity index (χ3v) is 2.05. The van der Waals surface area contributed by atoms with E-state index in [1.54, 1.807) is 0 Å². The average molecular weight is 216 g/mol. The van der Waals surface area contributed by atoms with Gasteiger partial charge in [0.25, 0.3) is 0 Å². The van der Waals surface area contributed by atoms with Crippen LogP contribution in [0.4, 0.5) is 4.79 Å². The number of carbonyl (C=O) groups is 2. The van der Waals surface area contributed by atoms with Crippen LogP contribution in [0.25, 0.3) is 0 Å². The van der Waals surface area contributed by atoms with Gasteiger partial charge in [0.1, 0.15) is 0 Å². The molecule has 1 heterocycles. The summed E-state index contributed by atoms with van der Waals surface area (Å²) in [7, 11) is 0. The lowest BCUT2D eigenvalue weighted by atomic mass is 9.96. The molecule has 0 fully saturated rings. The Morgan fingerprint density at radius 1 is 1.71 bits per heavy atom. The second-order valence-electron chi connectivity index (χ2n) is 2.85. The Morgan fingerprint density at radius 3 is 2.86 bits per heavy atom. The second kappa shape index (κ2) is 3.81. The molecule has 0 saturated heterocycles. The van der Waals surface area contributed by atoms with Crippen LogP contribution in [0, 0.1) is 0 Å². The first-order chi connectivity index (χ1) is 6.50. The Labute approximate surface area is 86.0 Å². The molecule has 2 amide bonds. The number of nitrogens with two attached hydrogens (primary N) is 1. The number of Topliss-reactive ketones (excluding diaryl/α,β-unsaturated/α-hetero) is 1. The minimum Gasteiger partial charge on any atom is -0.314 e. The van der Waals surface area contributed by atoms with Crippen molar-refractivity contribution in [2.45, 2.75) is 12.6 Å². The number of amides is 2. The highest BCUT2D eigenvalue weighted by Gasteiger charge is 2.37. The molecule has 5 nitrogen and oxygen atoms in total. The maximum atomic E-state index is 11.3. The second-order valence-corrected chi connectivity index (χ2v) is 3.11. The van der Waals surface area contributed by atoms with Crippen LogP contribution < -0.4 is 16.4 Å². The first-order valence-corrected chi connectivity index (χ1v) is 4.30. The van der Waals surface area contributed by atoms with Crippen molar-refractivity contribution in [2.24, 2.45) is 5.73 Å². The fourth-order valence-electron chi connectivity index (χ4n) is 1.08. The number of ketones is 1. The molecule has 0 aromatic rings. The number of rotatable bonds is 2. The van der Waals surface area contributed by atoms with E-state index >= 15 is 0 Å². The van der Waals surface area contributed by atoms with Gasteiger partial charge in [-0.15, -0.1) is 0 Å². The van der Waals surface area contributed by atoms with Crippen molar-refractivity contribution in [3.63, 3.8) is 0 Å². The van der Waals surface area contributed by atoms with Gasteiger partial charge in [-0.05, 0) is 13.0 Å². The zero-order valence-electron chi connectivity index (χ0n) is 7.50. The normalized spacial score (nSPS) is 26.8. The Bertz CT molecular complexity index is 337. The largest absolute Gasteiger partial charge is 0.320 e. The zero-order valence-corrected chi connectivity index (χ0v) is 8.26. The van der Waals surface area contributed by atoms with Gasteiger partial charge < -0.3 is 10.6 Å². The van der Waals surface area contributed by atoms with E-state index in [1.165, 1.54) is 24.7 Å². The van der Waals surface area contributed by atoms with E-state index in [2.05, 4.69) is 10.6 Å². The molecule has 0 radical (unpaired) electrons. The molecule has 0 spiro atoms. The van der Waals surface area contributed by atoms with Gasteiger partial charge in [-0.25, -0.2) is 4.79 Å². The first kappa shape index (κ1) is 10.7. The van der Waals surface area contributed by atoms with Crippen molar-refractivity contribution in [3.05, 3.63) is 23.4 Å². The molecule has 0 aliphatic carbocycles. The fourth-order valence-corrected chi connectivity index (χ4v) is 1.22. The lowest BCUT2D eigenvalue weighted by Gasteiger charge is -2.32. The number of halogens is 1. The van der Waals surface area contributed by atoms with Gasteiger partial charge in [-0.2, -0.15) is 0 Å². The summed E-state index contributed by atoms with van der Waals surface area (Å²) in [5, 5.41) is 4.70. The lowest BCUT2D eigenvalue weighted by Crippen LogP contribution is -2.65. The van der Waals surface area contributed by atoms with E-state index in [0.717, 1.165) is 0 Å². The van der Waals surface area contributed by atoms with Gasteiger partial charge in [0.05, 0.1) is 0 Å². The first-order valence-electron chi connectivity index (χ1n) is 3.86. The third kappa shape index (κ3) is 1.78. The van der Waals surface area contributed by atoms with Gasteiger partial charge in [-0.1, -0.05) is 11.6 Å². The maximum absolute atomic E-state index is 11.3. The van der Waals surface area contributed by atoms with Gasteiger partial charge in [-0.3, -0.25) is 10.5 Å². The van der Waals surface area contributed by atoms with Crippen molar-refractivity contribution in [2.75, 3.05) is 0 Å². The van der Waals surface area contributed by atoms with Gasteiger partial charge in [0.2, 0.25) is 0 Å². The molecule has 0 bridgehead atoms. The van der Waals surface area contributed by atoms with E-state index in [1.807, 2.05) is 0 Å². The minimum absolute atomic E-state index is 0.367. The van der Waals surface area contributed by atoms with Crippen LogP contribution in [0.3, 0.4) is 0 Å². The smallest absolute Gasteiger partial charge is 0.314 e. The van der Waals surface area contributed by atoms with Crippen LogP contribution in [0.15, 0.2) is 23.4 Å². The molecular formula is C8H10ClN3O2. The van der Waals surface area contributed by atoms with E-state index in [9.17, 15) is 9.59 Å². The molecule has 0 aromatic heterocycles. The molecule has 1 aliphatic heterocycles. The van der Waals surface area contributed by atoms with Crippen LogP contribution in [0.1, 0.15) is 6.92 Å². The number of hydrogen-bond donors (Lipinski definition) is 3. The number of urea groups is 1. The summed E-state index contributed by atoms with van der Waals surface area (Å²) in [5.41, 5.74) is 5.85. The Kier molecular flexibility index (Phi) is 2.93. The molecule has 1 unspecified atom stereocenters. The average Bonchev–Trinajstić information content (AvgIpc) is 2.10. The number of hydrogen-bond acceptors (Lipinski definition) is 3. The molecule has 0 aromatic carbocycles. The lowest BCUT2D eigenvalue weighted by molar-refractivity contribution is -0.121. The molecular weight excluding hydrogens is 206 g/mol. The SMILES string of the molecule is CC(=O)C1(N)NC(=O)NC=C1C=CCl. The van der Waals surface area contributed by atoms with Gasteiger partial charge in [0, 0.05) is 17.3 Å². The Hall–Kier alpha value is -1.33. The summed E-state index contributed by atoms with van der Waals surface area (Å²) in [4.78, 5) is 22.2. The highest BCUT2D eigenvalue weighted by Crippen LogP contribution is 2.16. The van der Waals surface area contributed by atoms with Crippen LogP contribution in [-0.4, -0.2) is 17.5 Å². The number of carbonyl (C=O) groups excluding carboxylic acids is 2. The van der Waals surface area contributed by atoms with E-state index in [4.69, 9.17) is 17.3 Å². The Balaban J connectivity index is 3.11. The maximum Gasteiger partial charge on any atom is 0.320 e. The predicted molar refractivity (Wildman–Crippen MR) is 52.3 cm³/mol. The third-order valence-electron chi connectivity index (χ3n) is 1.92. The van der Waals surface area contributed by atoms with E-state index < -0.39 is 11.7 Å². The molecule has 6 heteroatoms. The van der Waals surface area contributed by atoms with Crippen molar-refractivity contribution in [1.29, 1.82) is 0 Å². The minimum atomic E-state index is -1.49. The van der Waals surface area contributed by atoms with Crippen LogP contribution in [-0.2, 0) is 4.79 Å². The van der Waals surface area contributed by atoms with E-state index in [0.29, 0.717) is 5.57 Å². The van der Waals surface area contributed by atoms with Crippen molar-refractivity contribution < 1.29 is 9.59 Å². The van der Waals surface area contributed by atoms with Gasteiger partial charge in [0.15, 0.2) is 11.4 Å². The highest BCUT2D eigenvalue weighted by molar-refractivity contribution is 6.25. The Morgan fingerprint density at radius 2 is 2.36 bits per heavy atom. The summed E-state index contributed by atoms with van der Waals surface area (Å²) in [6.45, 7) is 1.29. The predicted octanol–water partition coefficient (Wildman–Crippen LogP) is 0.180. The summed E-state index contributed by atoms with van der Waals surface area (Å²) in [6, 6.07) is -0.519. The summed E-state index contributed by atoms with van der Waals surface area (Å²) in [6.07, 6.45) is 2.79. The van der Waals surface area contributed by atoms with Crippen molar-refractivity contribution in [1.82, 2.24) is 10.6 Å². The summed E-state index contributed by atoms with van der Waals surface area (Å²) in [5.74, 6) is -0.367. The molecule has 76 valence electrons. The van der Waals surface area contributed by atoms with Crippen LogP contribution in [0.2, 0.25) is 0 Å². The zero-order chi connectivity index (χ0) is 10.8. The fraction of sp³-hybridized carbons (Fsp3) is 0.250. The molecule has 14 heavy (non-hydrogen) atoms.